The van der Waals surface area contributed by atoms with Gasteiger partial charge >= 0.3 is 0 Å². The van der Waals surface area contributed by atoms with Crippen LogP contribution in [-0.2, 0) is 0 Å². The summed E-state index contributed by atoms with van der Waals surface area (Å²) < 4.78 is 14.9. The standard InChI is InChI=1S/C27H29N2O2/c1-3-13-28(14-4-1)20-9-11-22-25(18-20)31-26-19-21(29-15-5-2-6-16-29)10-12-23(26)27(22)24-8-7-17-30-24/h7-12,17-19H,1-6,13-16H2/q+1. The van der Waals surface area contributed by atoms with Gasteiger partial charge in [0, 0.05) is 60.3 Å². The molecule has 3 aliphatic heterocycles. The molecule has 1 aliphatic carbocycles. The molecule has 0 atom stereocenters. The van der Waals surface area contributed by atoms with Crippen LogP contribution in [0.2, 0.25) is 0 Å². The lowest BCUT2D eigenvalue weighted by molar-refractivity contribution is 0.451. The minimum atomic E-state index is 0.891. The molecule has 4 nitrogen and oxygen atoms in total. The first-order chi connectivity index (χ1) is 15.4. The van der Waals surface area contributed by atoms with Gasteiger partial charge in [0.1, 0.15) is 30.2 Å². The lowest BCUT2D eigenvalue weighted by Gasteiger charge is -2.29. The highest BCUT2D eigenvalue weighted by Gasteiger charge is 2.22. The molecule has 1 aromatic carbocycles. The van der Waals surface area contributed by atoms with E-state index in [1.54, 1.807) is 6.26 Å². The zero-order chi connectivity index (χ0) is 20.6. The SMILES string of the molecule is c1coc(-c2c3ccc(=[N+]4CCCCC4)cc-3oc3cc(N4CCCCC4)ccc23)c1. The fraction of sp³-hybridized carbons (Fsp3) is 0.370. The molecule has 0 spiro atoms. The van der Waals surface area contributed by atoms with Gasteiger partial charge in [0.2, 0.25) is 5.36 Å². The van der Waals surface area contributed by atoms with Gasteiger partial charge in [-0.15, -0.1) is 0 Å². The summed E-state index contributed by atoms with van der Waals surface area (Å²) in [7, 11) is 0. The Morgan fingerprint density at radius 3 is 2.42 bits per heavy atom. The van der Waals surface area contributed by atoms with Crippen LogP contribution in [0.1, 0.15) is 38.5 Å². The smallest absolute Gasteiger partial charge is 0.203 e. The topological polar surface area (TPSA) is 32.5 Å². The summed E-state index contributed by atoms with van der Waals surface area (Å²) in [5.74, 6) is 1.82. The van der Waals surface area contributed by atoms with Crippen molar-refractivity contribution < 1.29 is 8.83 Å². The van der Waals surface area contributed by atoms with E-state index in [0.717, 1.165) is 59.8 Å². The van der Waals surface area contributed by atoms with Crippen LogP contribution in [0.3, 0.4) is 0 Å². The van der Waals surface area contributed by atoms with Gasteiger partial charge in [-0.3, -0.25) is 0 Å². The Labute approximate surface area is 182 Å². The number of anilines is 1. The zero-order valence-corrected chi connectivity index (χ0v) is 18.0. The fourth-order valence-corrected chi connectivity index (χ4v) is 5.25. The first kappa shape index (κ1) is 18.7. The Hall–Kier alpha value is -3.01. The van der Waals surface area contributed by atoms with Crippen molar-refractivity contribution in [2.45, 2.75) is 38.5 Å². The predicted octanol–water partition coefficient (Wildman–Crippen LogP) is 5.74. The molecule has 4 aliphatic rings. The van der Waals surface area contributed by atoms with E-state index in [4.69, 9.17) is 8.83 Å². The minimum Gasteiger partial charge on any atom is -0.464 e. The molecule has 0 amide bonds. The first-order valence-corrected chi connectivity index (χ1v) is 11.7. The molecule has 0 unspecified atom stereocenters. The Bertz CT molecular complexity index is 1240. The largest absolute Gasteiger partial charge is 0.464 e. The van der Waals surface area contributed by atoms with Crippen molar-refractivity contribution in [2.75, 3.05) is 31.1 Å². The van der Waals surface area contributed by atoms with Crippen molar-refractivity contribution in [3.63, 3.8) is 0 Å². The van der Waals surface area contributed by atoms with E-state index in [1.165, 1.54) is 49.6 Å². The number of nitrogens with zero attached hydrogens (tertiary/aromatic N) is 2. The molecule has 0 radical (unpaired) electrons. The molecule has 0 N–H and O–H groups in total. The van der Waals surface area contributed by atoms with Gasteiger partial charge < -0.3 is 13.7 Å². The third kappa shape index (κ3) is 3.44. The second kappa shape index (κ2) is 7.92. The van der Waals surface area contributed by atoms with Crippen LogP contribution in [-0.4, -0.2) is 26.2 Å². The Morgan fingerprint density at radius 2 is 1.61 bits per heavy atom. The van der Waals surface area contributed by atoms with Crippen molar-refractivity contribution >= 4 is 16.7 Å². The molecule has 2 fully saturated rings. The minimum absolute atomic E-state index is 0.891. The van der Waals surface area contributed by atoms with Crippen molar-refractivity contribution in [3.05, 3.63) is 60.2 Å². The summed E-state index contributed by atoms with van der Waals surface area (Å²) in [6, 6.07) is 17.3. The maximum Gasteiger partial charge on any atom is 0.203 e. The molecular weight excluding hydrogens is 384 g/mol. The molecule has 158 valence electrons. The first-order valence-electron chi connectivity index (χ1n) is 11.7. The molecule has 4 heteroatoms. The third-order valence-electron chi connectivity index (χ3n) is 6.90. The number of furan rings is 1. The summed E-state index contributed by atoms with van der Waals surface area (Å²) in [6.07, 6.45) is 9.49. The van der Waals surface area contributed by atoms with Crippen molar-refractivity contribution in [1.29, 1.82) is 0 Å². The van der Waals surface area contributed by atoms with Crippen LogP contribution in [0.25, 0.3) is 33.6 Å². The lowest BCUT2D eigenvalue weighted by Crippen LogP contribution is -2.34. The lowest BCUT2D eigenvalue weighted by atomic mass is 9.97. The second-order valence-electron chi connectivity index (χ2n) is 8.91. The van der Waals surface area contributed by atoms with Gasteiger partial charge in [-0.05, 0) is 56.0 Å². The molecule has 0 bridgehead atoms. The van der Waals surface area contributed by atoms with Crippen LogP contribution >= 0.6 is 0 Å². The van der Waals surface area contributed by atoms with E-state index in [2.05, 4.69) is 45.9 Å². The number of fused-ring (bicyclic) bond motifs is 2. The average molecular weight is 414 g/mol. The van der Waals surface area contributed by atoms with Crippen molar-refractivity contribution in [1.82, 2.24) is 4.58 Å². The number of rotatable bonds is 2. The van der Waals surface area contributed by atoms with E-state index in [-0.39, 0.29) is 0 Å². The van der Waals surface area contributed by atoms with E-state index < -0.39 is 0 Å². The highest BCUT2D eigenvalue weighted by Crippen LogP contribution is 2.41. The number of benzene rings is 2. The summed E-state index contributed by atoms with van der Waals surface area (Å²) in [5.41, 5.74) is 4.41. The van der Waals surface area contributed by atoms with E-state index in [0.29, 0.717) is 0 Å². The maximum absolute atomic E-state index is 6.55. The predicted molar refractivity (Wildman–Crippen MR) is 125 cm³/mol. The van der Waals surface area contributed by atoms with E-state index >= 15 is 0 Å². The van der Waals surface area contributed by atoms with E-state index in [1.807, 2.05) is 12.1 Å². The summed E-state index contributed by atoms with van der Waals surface area (Å²) in [5, 5.41) is 2.36. The maximum atomic E-state index is 6.55. The van der Waals surface area contributed by atoms with Gasteiger partial charge in [-0.25, -0.2) is 4.58 Å². The van der Waals surface area contributed by atoms with Crippen molar-refractivity contribution in [2.24, 2.45) is 0 Å². The molecule has 6 rings (SSSR count). The molecule has 2 aromatic rings. The number of hydrogen-bond acceptors (Lipinski definition) is 3. The summed E-state index contributed by atoms with van der Waals surface area (Å²) >= 11 is 0. The normalized spacial score (nSPS) is 17.5. The van der Waals surface area contributed by atoms with Gasteiger partial charge in [-0.2, -0.15) is 0 Å². The fourth-order valence-electron chi connectivity index (χ4n) is 5.25. The van der Waals surface area contributed by atoms with Crippen LogP contribution in [0.4, 0.5) is 5.69 Å². The Balaban J connectivity index is 1.58. The van der Waals surface area contributed by atoms with Crippen LogP contribution in [0, 0.1) is 0 Å². The average Bonchev–Trinajstić information content (AvgIpc) is 3.37. The van der Waals surface area contributed by atoms with Crippen LogP contribution < -0.4 is 14.8 Å². The summed E-state index contributed by atoms with van der Waals surface area (Å²) in [4.78, 5) is 2.49. The summed E-state index contributed by atoms with van der Waals surface area (Å²) in [6.45, 7) is 4.51. The van der Waals surface area contributed by atoms with Crippen LogP contribution in [0.15, 0.2) is 63.6 Å². The van der Waals surface area contributed by atoms with Crippen LogP contribution in [0.5, 0.6) is 0 Å². The van der Waals surface area contributed by atoms with Gasteiger partial charge in [0.25, 0.3) is 0 Å². The van der Waals surface area contributed by atoms with Gasteiger partial charge in [0.05, 0.1) is 12.3 Å². The molecule has 0 saturated carbocycles. The molecule has 2 saturated heterocycles. The number of hydrogen-bond donors (Lipinski definition) is 0. The van der Waals surface area contributed by atoms with Gasteiger partial charge in [-0.1, -0.05) is 0 Å². The molecule has 1 aromatic heterocycles. The number of piperidine rings is 2. The molecule has 4 heterocycles. The van der Waals surface area contributed by atoms with E-state index in [9.17, 15) is 0 Å². The highest BCUT2D eigenvalue weighted by atomic mass is 16.3. The Kier molecular flexibility index (Phi) is 4.78. The van der Waals surface area contributed by atoms with Gasteiger partial charge in [0.15, 0.2) is 0 Å². The quantitative estimate of drug-likeness (QED) is 0.310. The Morgan fingerprint density at radius 1 is 0.774 bits per heavy atom. The highest BCUT2D eigenvalue weighted by molar-refractivity contribution is 6.01. The second-order valence-corrected chi connectivity index (χ2v) is 8.91. The van der Waals surface area contributed by atoms with Crippen molar-refractivity contribution in [3.8, 4) is 22.6 Å². The monoisotopic (exact) mass is 413 g/mol. The molecular formula is C27H29N2O2+. The zero-order valence-electron chi connectivity index (χ0n) is 18.0. The molecule has 31 heavy (non-hydrogen) atoms. The third-order valence-corrected chi connectivity index (χ3v) is 6.90.